The van der Waals surface area contributed by atoms with Crippen LogP contribution in [0.3, 0.4) is 0 Å². The zero-order valence-electron chi connectivity index (χ0n) is 12.8. The summed E-state index contributed by atoms with van der Waals surface area (Å²) in [5.74, 6) is -0.881. The Balaban J connectivity index is 0. The summed E-state index contributed by atoms with van der Waals surface area (Å²) >= 11 is 0. The normalized spacial score (nSPS) is 12.1. The van der Waals surface area contributed by atoms with Crippen molar-refractivity contribution < 1.29 is 14.3 Å². The van der Waals surface area contributed by atoms with Crippen LogP contribution in [0.25, 0.3) is 0 Å². The van der Waals surface area contributed by atoms with Crippen LogP contribution in [-0.4, -0.2) is 18.0 Å². The molecule has 0 saturated heterocycles. The highest BCUT2D eigenvalue weighted by molar-refractivity contribution is 5.85. The fraction of sp³-hybridized carbons (Fsp3) is 0.467. The number of nitrogens with one attached hydrogen (secondary N) is 1. The first-order valence-electron chi connectivity index (χ1n) is 6.26. The van der Waals surface area contributed by atoms with E-state index in [1.807, 2.05) is 20.8 Å². The van der Waals surface area contributed by atoms with Gasteiger partial charge >= 0.3 is 5.97 Å². The van der Waals surface area contributed by atoms with Gasteiger partial charge in [0, 0.05) is 12.6 Å². The van der Waals surface area contributed by atoms with Crippen molar-refractivity contribution in [3.05, 3.63) is 36.1 Å². The van der Waals surface area contributed by atoms with Crippen molar-refractivity contribution in [3.8, 4) is 0 Å². The van der Waals surface area contributed by atoms with Crippen molar-refractivity contribution in [2.24, 2.45) is 0 Å². The van der Waals surface area contributed by atoms with Crippen molar-refractivity contribution in [2.45, 2.75) is 47.6 Å². The summed E-state index contributed by atoms with van der Waals surface area (Å²) in [5, 5.41) is 2.66. The van der Waals surface area contributed by atoms with Gasteiger partial charge in [-0.2, -0.15) is 0 Å². The number of allylic oxidation sites excluding steroid dienone is 3. The van der Waals surface area contributed by atoms with Gasteiger partial charge in [-0.1, -0.05) is 33.1 Å². The molecule has 0 aromatic rings. The predicted molar refractivity (Wildman–Crippen MR) is 78.4 cm³/mol. The van der Waals surface area contributed by atoms with Crippen molar-refractivity contribution in [3.63, 3.8) is 0 Å². The molecule has 0 radical (unpaired) electrons. The van der Waals surface area contributed by atoms with Gasteiger partial charge in [0.2, 0.25) is 0 Å². The average Bonchev–Trinajstić information content (AvgIpc) is 2.35. The molecule has 0 aromatic carbocycles. The lowest BCUT2D eigenvalue weighted by Gasteiger charge is -2.16. The number of amides is 1. The summed E-state index contributed by atoms with van der Waals surface area (Å²) in [5.41, 5.74) is 2.12. The average molecular weight is 267 g/mol. The van der Waals surface area contributed by atoms with Gasteiger partial charge in [-0.25, -0.2) is 0 Å². The van der Waals surface area contributed by atoms with Crippen molar-refractivity contribution in [1.29, 1.82) is 0 Å². The quantitative estimate of drug-likeness (QED) is 0.615. The molecule has 0 aliphatic rings. The fourth-order valence-corrected chi connectivity index (χ4v) is 1.17. The Labute approximate surface area is 116 Å². The molecule has 4 heteroatoms. The third kappa shape index (κ3) is 7.97. The van der Waals surface area contributed by atoms with Crippen molar-refractivity contribution >= 4 is 11.9 Å². The van der Waals surface area contributed by atoms with E-state index in [1.165, 1.54) is 13.8 Å². The summed E-state index contributed by atoms with van der Waals surface area (Å²) in [6.07, 6.45) is 0.792. The minimum Gasteiger partial charge on any atom is -0.453 e. The lowest BCUT2D eigenvalue weighted by atomic mass is 10.1. The fourth-order valence-electron chi connectivity index (χ4n) is 1.17. The molecule has 1 amide bonds. The molecule has 0 aliphatic heterocycles. The number of esters is 1. The van der Waals surface area contributed by atoms with E-state index in [1.54, 1.807) is 13.0 Å². The molecular formula is C15H25NO3. The second kappa shape index (κ2) is 10.1. The molecular weight excluding hydrogens is 242 g/mol. The molecule has 0 aromatic heterocycles. The molecule has 0 spiro atoms. The van der Waals surface area contributed by atoms with E-state index in [0.29, 0.717) is 11.3 Å². The molecule has 0 saturated carbocycles. The largest absolute Gasteiger partial charge is 0.453 e. The van der Waals surface area contributed by atoms with Crippen molar-refractivity contribution in [1.82, 2.24) is 5.32 Å². The molecule has 0 bridgehead atoms. The van der Waals surface area contributed by atoms with E-state index < -0.39 is 12.1 Å². The van der Waals surface area contributed by atoms with Crippen LogP contribution in [0.1, 0.15) is 41.5 Å². The maximum absolute atomic E-state index is 11.7. The Morgan fingerprint density at radius 3 is 2.00 bits per heavy atom. The summed E-state index contributed by atoms with van der Waals surface area (Å²) in [7, 11) is 0. The molecule has 0 aliphatic carbocycles. The molecule has 0 rings (SSSR count). The molecule has 1 N–H and O–H groups in total. The van der Waals surface area contributed by atoms with E-state index in [9.17, 15) is 9.59 Å². The highest BCUT2D eigenvalue weighted by atomic mass is 16.5. The molecule has 108 valence electrons. The van der Waals surface area contributed by atoms with Gasteiger partial charge in [0.05, 0.1) is 0 Å². The van der Waals surface area contributed by atoms with Crippen LogP contribution in [0.5, 0.6) is 0 Å². The number of hydrogen-bond donors (Lipinski definition) is 1. The van der Waals surface area contributed by atoms with Gasteiger partial charge in [0.1, 0.15) is 0 Å². The Kier molecular flexibility index (Phi) is 10.4. The monoisotopic (exact) mass is 267 g/mol. The standard InChI is InChI=1S/C13H19NO3.C2H6/c1-7-9(4)12(8(2)3)14-13(16)10(5)17-11(6)15;1-2/h7,10H,1-2H2,3-6H3,(H,14,16);1-2H3/b12-9+;. The van der Waals surface area contributed by atoms with E-state index >= 15 is 0 Å². The number of rotatable bonds is 5. The second-order valence-electron chi connectivity index (χ2n) is 3.78. The van der Waals surface area contributed by atoms with E-state index in [4.69, 9.17) is 4.74 Å². The van der Waals surface area contributed by atoms with Gasteiger partial charge in [-0.15, -0.1) is 0 Å². The van der Waals surface area contributed by atoms with Gasteiger partial charge in [-0.3, -0.25) is 9.59 Å². The summed E-state index contributed by atoms with van der Waals surface area (Å²) < 4.78 is 4.78. The maximum atomic E-state index is 11.7. The highest BCUT2D eigenvalue weighted by Gasteiger charge is 2.17. The molecule has 1 unspecified atom stereocenters. The third-order valence-corrected chi connectivity index (χ3v) is 2.09. The van der Waals surface area contributed by atoms with Crippen LogP contribution in [-0.2, 0) is 14.3 Å². The summed E-state index contributed by atoms with van der Waals surface area (Å²) in [6, 6.07) is 0. The van der Waals surface area contributed by atoms with Crippen molar-refractivity contribution in [2.75, 3.05) is 0 Å². The first-order chi connectivity index (χ1) is 8.79. The van der Waals surface area contributed by atoms with Gasteiger partial charge in [0.15, 0.2) is 6.10 Å². The van der Waals surface area contributed by atoms with E-state index in [0.717, 1.165) is 5.57 Å². The van der Waals surface area contributed by atoms with Crippen LogP contribution in [0.15, 0.2) is 36.1 Å². The summed E-state index contributed by atoms with van der Waals surface area (Å²) in [4.78, 5) is 22.4. The van der Waals surface area contributed by atoms with Crippen LogP contribution >= 0.6 is 0 Å². The van der Waals surface area contributed by atoms with Crippen LogP contribution in [0, 0.1) is 0 Å². The van der Waals surface area contributed by atoms with E-state index in [-0.39, 0.29) is 5.91 Å². The van der Waals surface area contributed by atoms with Crippen LogP contribution in [0.2, 0.25) is 0 Å². The van der Waals surface area contributed by atoms with Gasteiger partial charge in [-0.05, 0) is 31.9 Å². The first-order valence-corrected chi connectivity index (χ1v) is 6.26. The highest BCUT2D eigenvalue weighted by Crippen LogP contribution is 2.11. The minimum atomic E-state index is -0.834. The van der Waals surface area contributed by atoms with Crippen LogP contribution < -0.4 is 5.32 Å². The number of carbonyl (C=O) groups excluding carboxylic acids is 2. The smallest absolute Gasteiger partial charge is 0.303 e. The van der Waals surface area contributed by atoms with Gasteiger partial charge < -0.3 is 10.1 Å². The van der Waals surface area contributed by atoms with Crippen LogP contribution in [0.4, 0.5) is 0 Å². The Morgan fingerprint density at radius 2 is 1.68 bits per heavy atom. The maximum Gasteiger partial charge on any atom is 0.303 e. The SMILES string of the molecule is C=C/C(C)=C(/NC(=O)C(C)OC(C)=O)C(=C)C.CC. The first kappa shape index (κ1) is 19.5. The number of ether oxygens (including phenoxy) is 1. The Hall–Kier alpha value is -1.84. The lowest BCUT2D eigenvalue weighted by molar-refractivity contribution is -0.152. The molecule has 1 atom stereocenters. The number of carbonyl (C=O) groups is 2. The molecule has 0 fully saturated rings. The summed E-state index contributed by atoms with van der Waals surface area (Å²) in [6.45, 7) is 17.8. The third-order valence-electron chi connectivity index (χ3n) is 2.09. The van der Waals surface area contributed by atoms with Gasteiger partial charge in [0.25, 0.3) is 5.91 Å². The molecule has 19 heavy (non-hydrogen) atoms. The Bertz CT molecular complexity index is 381. The molecule has 4 nitrogen and oxygen atoms in total. The predicted octanol–water partition coefficient (Wildman–Crippen LogP) is 3.12. The van der Waals surface area contributed by atoms with E-state index in [2.05, 4.69) is 18.5 Å². The zero-order valence-corrected chi connectivity index (χ0v) is 12.8. The topological polar surface area (TPSA) is 55.4 Å². The second-order valence-corrected chi connectivity index (χ2v) is 3.78. The number of hydrogen-bond acceptors (Lipinski definition) is 3. The lowest BCUT2D eigenvalue weighted by Crippen LogP contribution is -2.35. The zero-order chi connectivity index (χ0) is 15.6. The minimum absolute atomic E-state index is 0.389. The Morgan fingerprint density at radius 1 is 1.21 bits per heavy atom. The molecule has 0 heterocycles.